The summed E-state index contributed by atoms with van der Waals surface area (Å²) < 4.78 is 7.31. The zero-order valence-electron chi connectivity index (χ0n) is 13.6. The maximum absolute atomic E-state index is 5.30. The van der Waals surface area contributed by atoms with E-state index in [0.29, 0.717) is 5.92 Å². The number of nitrogens with zero attached hydrogens (tertiary/aromatic N) is 2. The van der Waals surface area contributed by atoms with E-state index in [0.717, 1.165) is 30.2 Å². The van der Waals surface area contributed by atoms with Gasteiger partial charge in [0.1, 0.15) is 5.75 Å². The van der Waals surface area contributed by atoms with Crippen molar-refractivity contribution < 1.29 is 4.74 Å². The van der Waals surface area contributed by atoms with Crippen LogP contribution in [0.3, 0.4) is 0 Å². The lowest BCUT2D eigenvalue weighted by Crippen LogP contribution is -2.20. The third-order valence-electron chi connectivity index (χ3n) is 3.84. The molecule has 0 saturated carbocycles. The molecule has 1 aromatic carbocycles. The van der Waals surface area contributed by atoms with Crippen LogP contribution in [-0.4, -0.2) is 30.0 Å². The fourth-order valence-electron chi connectivity index (χ4n) is 2.82. The summed E-state index contributed by atoms with van der Waals surface area (Å²) in [4.78, 5) is 0. The number of methoxy groups -OCH3 is 1. The highest BCUT2D eigenvalue weighted by molar-refractivity contribution is 5.42. The molecule has 1 heterocycles. The first-order valence-electron chi connectivity index (χ1n) is 7.49. The Kier molecular flexibility index (Phi) is 5.02. The van der Waals surface area contributed by atoms with Gasteiger partial charge in [0.25, 0.3) is 0 Å². The van der Waals surface area contributed by atoms with Crippen LogP contribution in [0.15, 0.2) is 24.3 Å². The fraction of sp³-hybridized carbons (Fsp3) is 0.471. The van der Waals surface area contributed by atoms with Gasteiger partial charge in [0.15, 0.2) is 0 Å². The summed E-state index contributed by atoms with van der Waals surface area (Å²) >= 11 is 0. The Hall–Kier alpha value is -1.81. The number of rotatable bonds is 6. The standard InChI is InChI=1S/C17H25N3O/c1-6-18-11-12(2)17-13(3)19-20(14(17)4)15-8-7-9-16(10-15)21-5/h7-10,12,18H,6,11H2,1-5H3. The molecule has 4 nitrogen and oxygen atoms in total. The molecule has 0 bridgehead atoms. The maximum Gasteiger partial charge on any atom is 0.121 e. The molecule has 2 aromatic rings. The van der Waals surface area contributed by atoms with Crippen molar-refractivity contribution in [2.45, 2.75) is 33.6 Å². The van der Waals surface area contributed by atoms with Gasteiger partial charge in [-0.1, -0.05) is 19.9 Å². The van der Waals surface area contributed by atoms with Gasteiger partial charge in [-0.2, -0.15) is 5.10 Å². The monoisotopic (exact) mass is 287 g/mol. The highest BCUT2D eigenvalue weighted by Gasteiger charge is 2.18. The van der Waals surface area contributed by atoms with E-state index in [2.05, 4.69) is 39.1 Å². The number of ether oxygens (including phenoxy) is 1. The lowest BCUT2D eigenvalue weighted by Gasteiger charge is -2.13. The van der Waals surface area contributed by atoms with Crippen molar-refractivity contribution in [1.29, 1.82) is 0 Å². The summed E-state index contributed by atoms with van der Waals surface area (Å²) in [7, 11) is 1.68. The van der Waals surface area contributed by atoms with Crippen LogP contribution in [0.25, 0.3) is 5.69 Å². The number of nitrogens with one attached hydrogen (secondary N) is 1. The zero-order valence-corrected chi connectivity index (χ0v) is 13.6. The molecule has 1 atom stereocenters. The Morgan fingerprint density at radius 2 is 2.10 bits per heavy atom. The van der Waals surface area contributed by atoms with E-state index in [1.165, 1.54) is 11.3 Å². The molecule has 0 radical (unpaired) electrons. The summed E-state index contributed by atoms with van der Waals surface area (Å²) in [6.07, 6.45) is 0. The van der Waals surface area contributed by atoms with Crippen molar-refractivity contribution in [3.8, 4) is 11.4 Å². The summed E-state index contributed by atoms with van der Waals surface area (Å²) in [5.41, 5.74) is 4.67. The van der Waals surface area contributed by atoms with E-state index in [-0.39, 0.29) is 0 Å². The average molecular weight is 287 g/mol. The molecule has 4 heteroatoms. The lowest BCUT2D eigenvalue weighted by atomic mass is 9.99. The molecule has 0 aliphatic rings. The Labute approximate surface area is 127 Å². The van der Waals surface area contributed by atoms with Gasteiger partial charge >= 0.3 is 0 Å². The number of aromatic nitrogens is 2. The smallest absolute Gasteiger partial charge is 0.121 e. The third kappa shape index (κ3) is 3.27. The molecule has 0 saturated heterocycles. The van der Waals surface area contributed by atoms with Gasteiger partial charge in [-0.3, -0.25) is 0 Å². The molecule has 2 rings (SSSR count). The van der Waals surface area contributed by atoms with E-state index < -0.39 is 0 Å². The number of aryl methyl sites for hydroxylation is 1. The van der Waals surface area contributed by atoms with Crippen LogP contribution in [-0.2, 0) is 0 Å². The van der Waals surface area contributed by atoms with Gasteiger partial charge in [-0.05, 0) is 38.4 Å². The van der Waals surface area contributed by atoms with E-state index in [4.69, 9.17) is 9.84 Å². The molecule has 114 valence electrons. The Morgan fingerprint density at radius 1 is 1.33 bits per heavy atom. The van der Waals surface area contributed by atoms with Crippen molar-refractivity contribution in [2.24, 2.45) is 0 Å². The van der Waals surface area contributed by atoms with Crippen molar-refractivity contribution in [2.75, 3.05) is 20.2 Å². The van der Waals surface area contributed by atoms with Gasteiger partial charge in [0.2, 0.25) is 0 Å². The van der Waals surface area contributed by atoms with Crippen molar-refractivity contribution in [3.63, 3.8) is 0 Å². The van der Waals surface area contributed by atoms with Gasteiger partial charge in [-0.25, -0.2) is 4.68 Å². The Morgan fingerprint density at radius 3 is 2.76 bits per heavy atom. The highest BCUT2D eigenvalue weighted by Crippen LogP contribution is 2.26. The van der Waals surface area contributed by atoms with E-state index in [1.807, 2.05) is 22.9 Å². The largest absolute Gasteiger partial charge is 0.497 e. The van der Waals surface area contributed by atoms with E-state index in [1.54, 1.807) is 7.11 Å². The molecule has 0 aliphatic heterocycles. The molecule has 0 spiro atoms. The molecule has 1 aromatic heterocycles. The van der Waals surface area contributed by atoms with Crippen LogP contribution in [0, 0.1) is 13.8 Å². The Bertz CT molecular complexity index is 604. The summed E-state index contributed by atoms with van der Waals surface area (Å²) in [5, 5.41) is 8.13. The van der Waals surface area contributed by atoms with Gasteiger partial charge < -0.3 is 10.1 Å². The van der Waals surface area contributed by atoms with Crippen LogP contribution >= 0.6 is 0 Å². The minimum absolute atomic E-state index is 0.448. The van der Waals surface area contributed by atoms with Crippen molar-refractivity contribution in [3.05, 3.63) is 41.2 Å². The molecule has 1 unspecified atom stereocenters. The summed E-state index contributed by atoms with van der Waals surface area (Å²) in [6.45, 7) is 10.6. The minimum atomic E-state index is 0.448. The van der Waals surface area contributed by atoms with Gasteiger partial charge in [-0.15, -0.1) is 0 Å². The number of likely N-dealkylation sites (N-methyl/N-ethyl adjacent to an activating group) is 1. The second kappa shape index (κ2) is 6.76. The molecule has 21 heavy (non-hydrogen) atoms. The first kappa shape index (κ1) is 15.6. The van der Waals surface area contributed by atoms with Gasteiger partial charge in [0, 0.05) is 23.9 Å². The normalized spacial score (nSPS) is 12.4. The van der Waals surface area contributed by atoms with E-state index >= 15 is 0 Å². The molecular formula is C17H25N3O. The minimum Gasteiger partial charge on any atom is -0.497 e. The van der Waals surface area contributed by atoms with Crippen LogP contribution in [0.2, 0.25) is 0 Å². The average Bonchev–Trinajstić information content (AvgIpc) is 2.80. The first-order valence-corrected chi connectivity index (χ1v) is 7.49. The topological polar surface area (TPSA) is 39.1 Å². The molecule has 0 amide bonds. The third-order valence-corrected chi connectivity index (χ3v) is 3.84. The SMILES string of the molecule is CCNCC(C)c1c(C)nn(-c2cccc(OC)c2)c1C. The predicted molar refractivity (Wildman–Crippen MR) is 86.5 cm³/mol. The second-order valence-corrected chi connectivity index (χ2v) is 5.41. The molecule has 0 fully saturated rings. The summed E-state index contributed by atoms with van der Waals surface area (Å²) in [5.74, 6) is 1.30. The van der Waals surface area contributed by atoms with Crippen LogP contribution in [0.4, 0.5) is 0 Å². The van der Waals surface area contributed by atoms with E-state index in [9.17, 15) is 0 Å². The number of hydrogen-bond acceptors (Lipinski definition) is 3. The maximum atomic E-state index is 5.30. The molecular weight excluding hydrogens is 262 g/mol. The van der Waals surface area contributed by atoms with Crippen molar-refractivity contribution >= 4 is 0 Å². The number of benzene rings is 1. The summed E-state index contributed by atoms with van der Waals surface area (Å²) in [6, 6.07) is 8.01. The quantitative estimate of drug-likeness (QED) is 0.886. The van der Waals surface area contributed by atoms with Gasteiger partial charge in [0.05, 0.1) is 18.5 Å². The molecule has 1 N–H and O–H groups in total. The van der Waals surface area contributed by atoms with Crippen LogP contribution in [0.1, 0.15) is 36.7 Å². The van der Waals surface area contributed by atoms with Crippen LogP contribution < -0.4 is 10.1 Å². The van der Waals surface area contributed by atoms with Crippen LogP contribution in [0.5, 0.6) is 5.75 Å². The molecule has 0 aliphatic carbocycles. The highest BCUT2D eigenvalue weighted by atomic mass is 16.5. The van der Waals surface area contributed by atoms with Crippen molar-refractivity contribution in [1.82, 2.24) is 15.1 Å². The number of hydrogen-bond donors (Lipinski definition) is 1. The second-order valence-electron chi connectivity index (χ2n) is 5.41. The first-order chi connectivity index (χ1) is 10.1. The zero-order chi connectivity index (χ0) is 15.4. The predicted octanol–water partition coefficient (Wildman–Crippen LogP) is 3.21. The lowest BCUT2D eigenvalue weighted by molar-refractivity contribution is 0.414. The Balaban J connectivity index is 2.38. The fourth-order valence-corrected chi connectivity index (χ4v) is 2.82.